The number of rotatable bonds is 0. The molecule has 3 rings (SSSR count). The summed E-state index contributed by atoms with van der Waals surface area (Å²) in [6, 6.07) is 0. The van der Waals surface area contributed by atoms with Gasteiger partial charge in [-0.15, -0.1) is 0 Å². The van der Waals surface area contributed by atoms with Gasteiger partial charge in [-0.2, -0.15) is 0 Å². The number of aliphatic hydroxyl groups is 1. The normalized spacial score (nSPS) is 41.4. The first-order chi connectivity index (χ1) is 10.6. The van der Waals surface area contributed by atoms with Crippen LogP contribution in [0.3, 0.4) is 0 Å². The molecule has 3 aliphatic rings. The van der Waals surface area contributed by atoms with E-state index in [9.17, 15) is 14.7 Å². The molecule has 3 aliphatic carbocycles. The summed E-state index contributed by atoms with van der Waals surface area (Å²) in [4.78, 5) is 28.0. The predicted octanol–water partition coefficient (Wildman–Crippen LogP) is 2.86. The lowest BCUT2D eigenvalue weighted by Crippen LogP contribution is -2.58. The summed E-state index contributed by atoms with van der Waals surface area (Å²) in [6.07, 6.45) is 6.49. The molecule has 0 saturated heterocycles. The van der Waals surface area contributed by atoms with Crippen LogP contribution in [0.25, 0.3) is 4.85 Å². The van der Waals surface area contributed by atoms with Crippen molar-refractivity contribution in [3.8, 4) is 0 Å². The highest BCUT2D eigenvalue weighted by atomic mass is 16.3. The molecule has 4 atom stereocenters. The van der Waals surface area contributed by atoms with Gasteiger partial charge in [-0.05, 0) is 24.1 Å². The van der Waals surface area contributed by atoms with E-state index in [1.807, 2.05) is 19.9 Å². The molecule has 0 spiro atoms. The van der Waals surface area contributed by atoms with E-state index in [2.05, 4.69) is 4.85 Å². The van der Waals surface area contributed by atoms with Crippen LogP contribution < -0.4 is 0 Å². The monoisotopic (exact) mass is 311 g/mol. The van der Waals surface area contributed by atoms with Gasteiger partial charge in [-0.25, -0.2) is 4.85 Å². The minimum absolute atomic E-state index is 0.0821. The molecule has 1 saturated carbocycles. The number of ketones is 2. The molecule has 0 heterocycles. The van der Waals surface area contributed by atoms with Crippen LogP contribution in [0, 0.1) is 28.7 Å². The number of nitrogens with zero attached hydrogens (tertiary/aromatic N) is 1. The summed E-state index contributed by atoms with van der Waals surface area (Å²) < 4.78 is 0. The summed E-state index contributed by atoms with van der Waals surface area (Å²) >= 11 is 0. The van der Waals surface area contributed by atoms with Crippen LogP contribution >= 0.6 is 0 Å². The second-order valence-electron chi connectivity index (χ2n) is 7.94. The van der Waals surface area contributed by atoms with Crippen LogP contribution in [0.5, 0.6) is 0 Å². The average Bonchev–Trinajstić information content (AvgIpc) is 2.44. The van der Waals surface area contributed by atoms with Gasteiger partial charge in [0, 0.05) is 22.2 Å². The minimum Gasteiger partial charge on any atom is -0.393 e. The van der Waals surface area contributed by atoms with Crippen LogP contribution in [0.4, 0.5) is 0 Å². The highest BCUT2D eigenvalue weighted by Crippen LogP contribution is 2.63. The number of carbonyl (C=O) groups is 2. The molecule has 0 aliphatic heterocycles. The molecule has 1 N–H and O–H groups in total. The lowest BCUT2D eigenvalue weighted by Gasteiger charge is -2.59. The molecule has 0 bridgehead atoms. The molecular weight excluding hydrogens is 290 g/mol. The molecule has 0 unspecified atom stereocenters. The molecule has 4 heteroatoms. The van der Waals surface area contributed by atoms with E-state index in [1.165, 1.54) is 0 Å². The van der Waals surface area contributed by atoms with Crippen molar-refractivity contribution in [2.24, 2.45) is 22.2 Å². The highest BCUT2D eigenvalue weighted by Gasteiger charge is 2.61. The number of allylic oxidation sites excluding steroid dienone is 6. The maximum Gasteiger partial charge on any atom is 0.226 e. The largest absolute Gasteiger partial charge is 0.393 e. The van der Waals surface area contributed by atoms with E-state index in [0.29, 0.717) is 6.42 Å². The van der Waals surface area contributed by atoms with E-state index in [4.69, 9.17) is 6.57 Å². The maximum absolute atomic E-state index is 12.6. The van der Waals surface area contributed by atoms with Gasteiger partial charge in [0.05, 0.1) is 12.7 Å². The van der Waals surface area contributed by atoms with Crippen molar-refractivity contribution in [3.63, 3.8) is 0 Å². The summed E-state index contributed by atoms with van der Waals surface area (Å²) in [5, 5.41) is 10.8. The standard InChI is InChI=1S/C19H21NO3/c1-17(2)15-13(22)10-18(3)7-6-11(21)8-14(18)19(15,4)9-12(20-5)16(17)23/h6-9,13,15,22H,10H2,1-4H3/t13-,15-,18+,19+/m0/s1. The Morgan fingerprint density at radius 3 is 2.52 bits per heavy atom. The van der Waals surface area contributed by atoms with E-state index in [1.54, 1.807) is 32.1 Å². The molecule has 23 heavy (non-hydrogen) atoms. The third-order valence-corrected chi connectivity index (χ3v) is 5.91. The molecule has 1 fully saturated rings. The number of hydrogen-bond donors (Lipinski definition) is 1. The molecule has 0 radical (unpaired) electrons. The summed E-state index contributed by atoms with van der Waals surface area (Å²) in [5.41, 5.74) is -0.972. The Hall–Kier alpha value is -1.99. The Balaban J connectivity index is 2.31. The first-order valence-electron chi connectivity index (χ1n) is 7.85. The Morgan fingerprint density at radius 2 is 1.91 bits per heavy atom. The first-order valence-corrected chi connectivity index (χ1v) is 7.85. The van der Waals surface area contributed by atoms with Crippen molar-refractivity contribution >= 4 is 11.6 Å². The number of Topliss-reactive ketones (excluding diaryl/α,β-unsaturated/α-hetero) is 1. The smallest absolute Gasteiger partial charge is 0.226 e. The van der Waals surface area contributed by atoms with Crippen molar-refractivity contribution in [1.29, 1.82) is 0 Å². The Kier molecular flexibility index (Phi) is 3.12. The second kappa shape index (κ2) is 4.52. The van der Waals surface area contributed by atoms with Gasteiger partial charge in [0.25, 0.3) is 0 Å². The van der Waals surface area contributed by atoms with Gasteiger partial charge in [0.15, 0.2) is 11.6 Å². The van der Waals surface area contributed by atoms with Crippen LogP contribution in [0.15, 0.2) is 35.6 Å². The van der Waals surface area contributed by atoms with Crippen molar-refractivity contribution in [3.05, 3.63) is 47.0 Å². The number of hydrogen-bond acceptors (Lipinski definition) is 3. The molecule has 4 nitrogen and oxygen atoms in total. The topological polar surface area (TPSA) is 58.7 Å². The van der Waals surface area contributed by atoms with Gasteiger partial charge in [0.2, 0.25) is 5.70 Å². The quantitative estimate of drug-likeness (QED) is 0.700. The third kappa shape index (κ3) is 1.93. The lowest BCUT2D eigenvalue weighted by atomic mass is 9.45. The fraction of sp³-hybridized carbons (Fsp3) is 0.526. The Morgan fingerprint density at radius 1 is 1.26 bits per heavy atom. The number of fused-ring (bicyclic) bond motifs is 3. The van der Waals surface area contributed by atoms with Crippen LogP contribution in [-0.2, 0) is 9.59 Å². The zero-order valence-corrected chi connectivity index (χ0v) is 13.9. The highest BCUT2D eigenvalue weighted by molar-refractivity contribution is 6.04. The Bertz CT molecular complexity index is 749. The van der Waals surface area contributed by atoms with E-state index < -0.39 is 22.3 Å². The summed E-state index contributed by atoms with van der Waals surface area (Å²) in [7, 11) is 0. The SMILES string of the molecule is [C-]#[N+]C1=C[C@]2(C)C3=CC(=O)C=C[C@]3(C)C[C@H](O)[C@H]2C(C)(C)C1=O. The van der Waals surface area contributed by atoms with E-state index in [-0.39, 0.29) is 23.2 Å². The second-order valence-corrected chi connectivity index (χ2v) is 7.94. The predicted molar refractivity (Wildman–Crippen MR) is 86.0 cm³/mol. The van der Waals surface area contributed by atoms with Crippen molar-refractivity contribution < 1.29 is 14.7 Å². The number of aliphatic hydroxyl groups excluding tert-OH is 1. The number of carbonyl (C=O) groups excluding carboxylic acids is 2. The maximum atomic E-state index is 12.6. The fourth-order valence-corrected chi connectivity index (χ4v) is 5.08. The zero-order valence-electron chi connectivity index (χ0n) is 13.9. The molecule has 0 aromatic carbocycles. The van der Waals surface area contributed by atoms with Crippen LogP contribution in [0.2, 0.25) is 0 Å². The third-order valence-electron chi connectivity index (χ3n) is 5.91. The van der Waals surface area contributed by atoms with Crippen LogP contribution in [0.1, 0.15) is 34.1 Å². The minimum atomic E-state index is -0.852. The van der Waals surface area contributed by atoms with Gasteiger partial charge >= 0.3 is 0 Å². The molecule has 0 aromatic heterocycles. The zero-order chi connectivity index (χ0) is 17.2. The van der Waals surface area contributed by atoms with Crippen LogP contribution in [-0.4, -0.2) is 22.8 Å². The van der Waals surface area contributed by atoms with Crippen molar-refractivity contribution in [2.45, 2.75) is 40.2 Å². The van der Waals surface area contributed by atoms with E-state index >= 15 is 0 Å². The fourth-order valence-electron chi connectivity index (χ4n) is 5.08. The first kappa shape index (κ1) is 15.9. The summed E-state index contributed by atoms with van der Waals surface area (Å²) in [6.45, 7) is 14.9. The molecule has 0 aromatic rings. The molecule has 120 valence electrons. The van der Waals surface area contributed by atoms with Gasteiger partial charge in [-0.1, -0.05) is 39.8 Å². The van der Waals surface area contributed by atoms with Gasteiger partial charge in [0.1, 0.15) is 0 Å². The summed E-state index contributed by atoms with van der Waals surface area (Å²) in [5.74, 6) is -0.663. The van der Waals surface area contributed by atoms with E-state index in [0.717, 1.165) is 5.57 Å². The average molecular weight is 311 g/mol. The van der Waals surface area contributed by atoms with Gasteiger partial charge in [-0.3, -0.25) is 4.79 Å². The van der Waals surface area contributed by atoms with Crippen molar-refractivity contribution in [2.75, 3.05) is 0 Å². The van der Waals surface area contributed by atoms with Crippen molar-refractivity contribution in [1.82, 2.24) is 0 Å². The molecular formula is C19H21NO3. The Labute approximate surface area is 136 Å². The van der Waals surface area contributed by atoms with Gasteiger partial charge < -0.3 is 9.90 Å². The lowest BCUT2D eigenvalue weighted by molar-refractivity contribution is -0.138. The molecule has 0 amide bonds.